The highest BCUT2D eigenvalue weighted by Gasteiger charge is 2.04. The Balaban J connectivity index is 2.03. The van der Waals surface area contributed by atoms with Crippen LogP contribution in [0, 0.1) is 0 Å². The van der Waals surface area contributed by atoms with Crippen LogP contribution in [0.4, 0.5) is 5.69 Å². The van der Waals surface area contributed by atoms with E-state index >= 15 is 0 Å². The summed E-state index contributed by atoms with van der Waals surface area (Å²) >= 11 is 0. The molecule has 2 rings (SSSR count). The second-order valence-corrected chi connectivity index (χ2v) is 4.26. The molecule has 1 heterocycles. The van der Waals surface area contributed by atoms with Gasteiger partial charge in [0, 0.05) is 30.1 Å². The zero-order valence-electron chi connectivity index (χ0n) is 10.8. The van der Waals surface area contributed by atoms with E-state index in [0.29, 0.717) is 12.6 Å². The molecule has 0 saturated heterocycles. The van der Waals surface area contributed by atoms with E-state index in [4.69, 9.17) is 4.74 Å². The van der Waals surface area contributed by atoms with Crippen molar-refractivity contribution in [3.63, 3.8) is 0 Å². The van der Waals surface area contributed by atoms with Gasteiger partial charge in [0.15, 0.2) is 0 Å². The van der Waals surface area contributed by atoms with Gasteiger partial charge in [0.25, 0.3) is 0 Å². The van der Waals surface area contributed by atoms with Crippen LogP contribution >= 0.6 is 0 Å². The van der Waals surface area contributed by atoms with Crippen molar-refractivity contribution >= 4 is 5.69 Å². The van der Waals surface area contributed by atoms with Gasteiger partial charge in [-0.2, -0.15) is 5.10 Å². The summed E-state index contributed by atoms with van der Waals surface area (Å²) in [7, 11) is 0. The van der Waals surface area contributed by atoms with Crippen molar-refractivity contribution in [2.75, 3.05) is 18.5 Å². The monoisotopic (exact) mass is 245 g/mol. The first-order chi connectivity index (χ1) is 8.79. The number of nitrogens with one attached hydrogen (secondary N) is 2. The first kappa shape index (κ1) is 12.6. The highest BCUT2D eigenvalue weighted by atomic mass is 16.5. The van der Waals surface area contributed by atoms with Crippen molar-refractivity contribution in [2.24, 2.45) is 0 Å². The molecule has 0 aliphatic rings. The number of aromatic nitrogens is 2. The zero-order chi connectivity index (χ0) is 12.8. The van der Waals surface area contributed by atoms with Gasteiger partial charge in [0.05, 0.1) is 12.3 Å². The molecule has 96 valence electrons. The van der Waals surface area contributed by atoms with Crippen molar-refractivity contribution < 1.29 is 4.74 Å². The van der Waals surface area contributed by atoms with Crippen LogP contribution in [0.2, 0.25) is 0 Å². The molecule has 0 bridgehead atoms. The fourth-order valence-electron chi connectivity index (χ4n) is 1.81. The third-order valence-corrected chi connectivity index (χ3v) is 2.66. The smallest absolute Gasteiger partial charge is 0.0664 e. The maximum atomic E-state index is 5.39. The SMILES string of the molecule is CCOCC(C)Nc1cccc(-c2ccn[nH]2)c1. The molecule has 1 unspecified atom stereocenters. The quantitative estimate of drug-likeness (QED) is 0.822. The topological polar surface area (TPSA) is 49.9 Å². The average Bonchev–Trinajstić information content (AvgIpc) is 2.90. The number of hydrogen-bond donors (Lipinski definition) is 2. The predicted molar refractivity (Wildman–Crippen MR) is 73.6 cm³/mol. The van der Waals surface area contributed by atoms with E-state index in [-0.39, 0.29) is 0 Å². The van der Waals surface area contributed by atoms with Crippen LogP contribution in [0.1, 0.15) is 13.8 Å². The fraction of sp³-hybridized carbons (Fsp3) is 0.357. The van der Waals surface area contributed by atoms with Crippen LogP contribution in [0.5, 0.6) is 0 Å². The fourth-order valence-corrected chi connectivity index (χ4v) is 1.81. The standard InChI is InChI=1S/C14H19N3O/c1-3-18-10-11(2)16-13-6-4-5-12(9-13)14-7-8-15-17-14/h4-9,11,16H,3,10H2,1-2H3,(H,15,17). The average molecular weight is 245 g/mol. The predicted octanol–water partition coefficient (Wildman–Crippen LogP) is 2.91. The number of rotatable bonds is 6. The van der Waals surface area contributed by atoms with Gasteiger partial charge in [-0.25, -0.2) is 0 Å². The molecule has 2 aromatic rings. The van der Waals surface area contributed by atoms with Gasteiger partial charge in [-0.1, -0.05) is 12.1 Å². The van der Waals surface area contributed by atoms with Crippen LogP contribution in [-0.2, 0) is 4.74 Å². The summed E-state index contributed by atoms with van der Waals surface area (Å²) in [6.07, 6.45) is 1.76. The number of hydrogen-bond acceptors (Lipinski definition) is 3. The Labute approximate surface area is 107 Å². The number of ether oxygens (including phenoxy) is 1. The van der Waals surface area contributed by atoms with E-state index < -0.39 is 0 Å². The lowest BCUT2D eigenvalue weighted by Gasteiger charge is -2.15. The molecule has 4 heteroatoms. The maximum absolute atomic E-state index is 5.39. The van der Waals surface area contributed by atoms with Crippen molar-refractivity contribution in [1.29, 1.82) is 0 Å². The Morgan fingerprint density at radius 1 is 1.39 bits per heavy atom. The second kappa shape index (κ2) is 6.21. The normalized spacial score (nSPS) is 12.3. The minimum absolute atomic E-state index is 0.293. The molecule has 2 N–H and O–H groups in total. The van der Waals surface area contributed by atoms with E-state index in [0.717, 1.165) is 23.6 Å². The Morgan fingerprint density at radius 2 is 2.28 bits per heavy atom. The lowest BCUT2D eigenvalue weighted by atomic mass is 10.1. The largest absolute Gasteiger partial charge is 0.380 e. The van der Waals surface area contributed by atoms with E-state index in [9.17, 15) is 0 Å². The van der Waals surface area contributed by atoms with Crippen LogP contribution in [0.25, 0.3) is 11.3 Å². The van der Waals surface area contributed by atoms with Gasteiger partial charge in [-0.15, -0.1) is 0 Å². The summed E-state index contributed by atoms with van der Waals surface area (Å²) in [6.45, 7) is 5.58. The Kier molecular flexibility index (Phi) is 4.36. The van der Waals surface area contributed by atoms with E-state index in [1.54, 1.807) is 6.20 Å². The highest BCUT2D eigenvalue weighted by molar-refractivity contribution is 5.64. The van der Waals surface area contributed by atoms with E-state index in [2.05, 4.69) is 40.6 Å². The summed E-state index contributed by atoms with van der Waals surface area (Å²) in [5.41, 5.74) is 3.24. The summed E-state index contributed by atoms with van der Waals surface area (Å²) in [5, 5.41) is 10.3. The minimum Gasteiger partial charge on any atom is -0.380 e. The summed E-state index contributed by atoms with van der Waals surface area (Å²) < 4.78 is 5.39. The Bertz CT molecular complexity index is 468. The number of benzene rings is 1. The van der Waals surface area contributed by atoms with Crippen molar-refractivity contribution in [2.45, 2.75) is 19.9 Å². The zero-order valence-corrected chi connectivity index (χ0v) is 10.8. The Hall–Kier alpha value is -1.81. The first-order valence-electron chi connectivity index (χ1n) is 6.23. The van der Waals surface area contributed by atoms with Crippen molar-refractivity contribution in [1.82, 2.24) is 10.2 Å². The number of nitrogens with zero attached hydrogens (tertiary/aromatic N) is 1. The van der Waals surface area contributed by atoms with Gasteiger partial charge in [-0.05, 0) is 32.0 Å². The molecule has 0 spiro atoms. The van der Waals surface area contributed by atoms with Crippen LogP contribution in [0.15, 0.2) is 36.5 Å². The molecule has 1 aromatic carbocycles. The number of H-pyrrole nitrogens is 1. The molecular formula is C14H19N3O. The summed E-state index contributed by atoms with van der Waals surface area (Å²) in [6, 6.07) is 10.5. The highest BCUT2D eigenvalue weighted by Crippen LogP contribution is 2.20. The minimum atomic E-state index is 0.293. The Morgan fingerprint density at radius 3 is 3.00 bits per heavy atom. The third kappa shape index (κ3) is 3.34. The molecule has 1 atom stereocenters. The molecule has 0 amide bonds. The van der Waals surface area contributed by atoms with E-state index in [1.807, 2.05) is 19.1 Å². The van der Waals surface area contributed by atoms with Gasteiger partial charge in [0.1, 0.15) is 0 Å². The molecule has 4 nitrogen and oxygen atoms in total. The van der Waals surface area contributed by atoms with Crippen LogP contribution < -0.4 is 5.32 Å². The van der Waals surface area contributed by atoms with Gasteiger partial charge < -0.3 is 10.1 Å². The molecule has 18 heavy (non-hydrogen) atoms. The number of aromatic amines is 1. The molecule has 0 saturated carbocycles. The molecule has 0 radical (unpaired) electrons. The lowest BCUT2D eigenvalue weighted by Crippen LogP contribution is -2.21. The summed E-state index contributed by atoms with van der Waals surface area (Å²) in [4.78, 5) is 0. The summed E-state index contributed by atoms with van der Waals surface area (Å²) in [5.74, 6) is 0. The maximum Gasteiger partial charge on any atom is 0.0664 e. The van der Waals surface area contributed by atoms with Crippen molar-refractivity contribution in [3.05, 3.63) is 36.5 Å². The van der Waals surface area contributed by atoms with Gasteiger partial charge >= 0.3 is 0 Å². The van der Waals surface area contributed by atoms with Crippen LogP contribution in [-0.4, -0.2) is 29.5 Å². The third-order valence-electron chi connectivity index (χ3n) is 2.66. The first-order valence-corrected chi connectivity index (χ1v) is 6.23. The molecule has 1 aromatic heterocycles. The van der Waals surface area contributed by atoms with Gasteiger partial charge in [0.2, 0.25) is 0 Å². The van der Waals surface area contributed by atoms with Crippen LogP contribution in [0.3, 0.4) is 0 Å². The second-order valence-electron chi connectivity index (χ2n) is 4.26. The number of anilines is 1. The lowest BCUT2D eigenvalue weighted by molar-refractivity contribution is 0.141. The van der Waals surface area contributed by atoms with Gasteiger partial charge in [-0.3, -0.25) is 5.10 Å². The van der Waals surface area contributed by atoms with E-state index in [1.165, 1.54) is 0 Å². The molecule has 0 aliphatic carbocycles. The van der Waals surface area contributed by atoms with Crippen molar-refractivity contribution in [3.8, 4) is 11.3 Å². The molecular weight excluding hydrogens is 226 g/mol. The molecule has 0 fully saturated rings. The molecule has 0 aliphatic heterocycles.